The van der Waals surface area contributed by atoms with Crippen LogP contribution in [0, 0.1) is 11.3 Å². The van der Waals surface area contributed by atoms with Crippen molar-refractivity contribution in [3.63, 3.8) is 0 Å². The number of hydrogen-bond donors (Lipinski definition) is 0. The third-order valence-electron chi connectivity index (χ3n) is 4.74. The van der Waals surface area contributed by atoms with E-state index in [0.717, 1.165) is 11.7 Å². The molecule has 0 atom stereocenters. The number of fused-ring (bicyclic) bond motifs is 1. The quantitative estimate of drug-likeness (QED) is 0.466. The van der Waals surface area contributed by atoms with Gasteiger partial charge in [-0.3, -0.25) is 9.36 Å². The molecule has 11 heteroatoms. The van der Waals surface area contributed by atoms with Crippen LogP contribution in [0.3, 0.4) is 0 Å². The Morgan fingerprint density at radius 3 is 2.66 bits per heavy atom. The molecule has 2 aromatic heterocycles. The van der Waals surface area contributed by atoms with Gasteiger partial charge in [-0.1, -0.05) is 6.07 Å². The predicted molar refractivity (Wildman–Crippen MR) is 111 cm³/mol. The van der Waals surface area contributed by atoms with Gasteiger partial charge in [0.25, 0.3) is 5.56 Å². The second-order valence-corrected chi connectivity index (χ2v) is 7.59. The molecule has 0 saturated carbocycles. The average molecular weight is 458 g/mol. The van der Waals surface area contributed by atoms with Gasteiger partial charge < -0.3 is 4.74 Å². The smallest absolute Gasteiger partial charge is 0.431 e. The second-order valence-electron chi connectivity index (χ2n) is 6.78. The molecule has 0 aliphatic heterocycles. The minimum atomic E-state index is -4.83. The molecule has 0 aliphatic carbocycles. The van der Waals surface area contributed by atoms with Gasteiger partial charge in [-0.05, 0) is 47.9 Å². The van der Waals surface area contributed by atoms with Crippen molar-refractivity contribution in [2.45, 2.75) is 12.8 Å². The Labute approximate surface area is 182 Å². The maximum atomic E-state index is 13.1. The highest BCUT2D eigenvalue weighted by atomic mass is 32.1. The molecule has 0 N–H and O–H groups in total. The van der Waals surface area contributed by atoms with Gasteiger partial charge in [0.05, 0.1) is 27.7 Å². The number of nitriles is 1. The first kappa shape index (κ1) is 21.3. The van der Waals surface area contributed by atoms with Crippen molar-refractivity contribution < 1.29 is 17.9 Å². The molecule has 0 aliphatic rings. The number of rotatable bonds is 4. The standard InChI is InChI=1S/C21H13F3N4O3S/c1-27-18(21(22,23)24)9-19(29)28(20(27)30)13-5-6-17-15(8-13)16(26-32-17)11-31-14-4-2-3-12(7-14)10-25/h2-9H,11H2,1H3. The zero-order valence-corrected chi connectivity index (χ0v) is 17.2. The normalized spacial score (nSPS) is 11.5. The molecule has 0 bridgehead atoms. The van der Waals surface area contributed by atoms with Crippen LogP contribution in [0.15, 0.2) is 58.1 Å². The van der Waals surface area contributed by atoms with E-state index in [-0.39, 0.29) is 12.3 Å². The molecule has 162 valence electrons. The Kier molecular flexibility index (Phi) is 5.31. The molecule has 0 fully saturated rings. The highest BCUT2D eigenvalue weighted by Gasteiger charge is 2.35. The fourth-order valence-electron chi connectivity index (χ4n) is 3.16. The molecule has 32 heavy (non-hydrogen) atoms. The summed E-state index contributed by atoms with van der Waals surface area (Å²) in [6, 6.07) is 13.6. The lowest BCUT2D eigenvalue weighted by atomic mass is 10.2. The van der Waals surface area contributed by atoms with Crippen molar-refractivity contribution >= 4 is 21.6 Å². The largest absolute Gasteiger partial charge is 0.487 e. The molecule has 2 heterocycles. The number of hydrogen-bond acceptors (Lipinski definition) is 6. The van der Waals surface area contributed by atoms with E-state index in [1.165, 1.54) is 23.7 Å². The maximum Gasteiger partial charge on any atom is 0.431 e. The van der Waals surface area contributed by atoms with Crippen LogP contribution in [0.2, 0.25) is 0 Å². The first-order chi connectivity index (χ1) is 15.2. The molecule has 7 nitrogen and oxygen atoms in total. The summed E-state index contributed by atoms with van der Waals surface area (Å²) in [5.74, 6) is 0.467. The molecule has 0 amide bonds. The lowest BCUT2D eigenvalue weighted by Crippen LogP contribution is -2.40. The minimum Gasteiger partial charge on any atom is -0.487 e. The van der Waals surface area contributed by atoms with Crippen LogP contribution >= 0.6 is 11.5 Å². The third kappa shape index (κ3) is 3.88. The van der Waals surface area contributed by atoms with Gasteiger partial charge >= 0.3 is 11.9 Å². The van der Waals surface area contributed by atoms with Crippen molar-refractivity contribution in [2.75, 3.05) is 0 Å². The van der Waals surface area contributed by atoms with Crippen LogP contribution < -0.4 is 16.0 Å². The van der Waals surface area contributed by atoms with Crippen molar-refractivity contribution in [2.24, 2.45) is 7.05 Å². The number of halogens is 3. The maximum absolute atomic E-state index is 13.1. The van der Waals surface area contributed by atoms with Gasteiger partial charge in [-0.15, -0.1) is 0 Å². The van der Waals surface area contributed by atoms with Crippen LogP contribution in [-0.2, 0) is 19.8 Å². The third-order valence-corrected chi connectivity index (χ3v) is 5.60. The summed E-state index contributed by atoms with van der Waals surface area (Å²) in [4.78, 5) is 24.9. The van der Waals surface area contributed by atoms with E-state index >= 15 is 0 Å². The van der Waals surface area contributed by atoms with E-state index in [2.05, 4.69) is 4.37 Å². The van der Waals surface area contributed by atoms with Crippen LogP contribution in [0.1, 0.15) is 17.0 Å². The number of benzene rings is 2. The Balaban J connectivity index is 1.74. The predicted octanol–water partition coefficient (Wildman–Crippen LogP) is 3.62. The molecule has 0 spiro atoms. The summed E-state index contributed by atoms with van der Waals surface area (Å²) in [6.07, 6.45) is -4.83. The highest BCUT2D eigenvalue weighted by Crippen LogP contribution is 2.28. The first-order valence-electron chi connectivity index (χ1n) is 9.11. The Morgan fingerprint density at radius 2 is 1.94 bits per heavy atom. The van der Waals surface area contributed by atoms with Crippen molar-refractivity contribution in [1.82, 2.24) is 13.5 Å². The van der Waals surface area contributed by atoms with Crippen LogP contribution in [0.4, 0.5) is 13.2 Å². The Morgan fingerprint density at radius 1 is 1.16 bits per heavy atom. The summed E-state index contributed by atoms with van der Waals surface area (Å²) in [6.45, 7) is 0.0538. The molecular weight excluding hydrogens is 445 g/mol. The van der Waals surface area contributed by atoms with Crippen molar-refractivity contribution in [1.29, 1.82) is 5.26 Å². The van der Waals surface area contributed by atoms with E-state index in [9.17, 15) is 22.8 Å². The number of nitrogens with zero attached hydrogens (tertiary/aromatic N) is 4. The first-order valence-corrected chi connectivity index (χ1v) is 9.88. The van der Waals surface area contributed by atoms with E-state index in [1.54, 1.807) is 30.3 Å². The molecule has 0 saturated heterocycles. The van der Waals surface area contributed by atoms with E-state index in [4.69, 9.17) is 10.00 Å². The minimum absolute atomic E-state index is 0.0538. The van der Waals surface area contributed by atoms with Crippen molar-refractivity contribution in [3.8, 4) is 17.5 Å². The number of aromatic nitrogens is 3. The topological polar surface area (TPSA) is 89.9 Å². The van der Waals surface area contributed by atoms with Crippen LogP contribution in [-0.4, -0.2) is 13.5 Å². The van der Waals surface area contributed by atoms with Gasteiger partial charge in [0, 0.05) is 18.5 Å². The van der Waals surface area contributed by atoms with Gasteiger partial charge in [0.1, 0.15) is 18.1 Å². The van der Waals surface area contributed by atoms with E-state index in [1.807, 2.05) is 6.07 Å². The zero-order valence-electron chi connectivity index (χ0n) is 16.4. The lowest BCUT2D eigenvalue weighted by Gasteiger charge is -2.14. The SMILES string of the molecule is Cn1c(C(F)(F)F)cc(=O)n(-c2ccc3snc(COc4cccc(C#N)c4)c3c2)c1=O. The Hall–Kier alpha value is -3.91. The zero-order chi connectivity index (χ0) is 23.0. The summed E-state index contributed by atoms with van der Waals surface area (Å²) in [5, 5.41) is 9.58. The summed E-state index contributed by atoms with van der Waals surface area (Å²) >= 11 is 1.18. The fraction of sp³-hybridized carbons (Fsp3) is 0.143. The van der Waals surface area contributed by atoms with Gasteiger partial charge in [-0.2, -0.15) is 22.8 Å². The number of alkyl halides is 3. The average Bonchev–Trinajstić information content (AvgIpc) is 3.16. The van der Waals surface area contributed by atoms with E-state index in [0.29, 0.717) is 37.6 Å². The summed E-state index contributed by atoms with van der Waals surface area (Å²) in [7, 11) is 0.959. The second kappa shape index (κ2) is 7.97. The molecule has 0 radical (unpaired) electrons. The van der Waals surface area contributed by atoms with Crippen LogP contribution in [0.25, 0.3) is 15.8 Å². The molecule has 0 unspecified atom stereocenters. The lowest BCUT2D eigenvalue weighted by molar-refractivity contribution is -0.144. The van der Waals surface area contributed by atoms with Gasteiger partial charge in [0.15, 0.2) is 0 Å². The molecule has 4 aromatic rings. The van der Waals surface area contributed by atoms with Crippen molar-refractivity contribution in [3.05, 3.63) is 86.3 Å². The highest BCUT2D eigenvalue weighted by molar-refractivity contribution is 7.13. The van der Waals surface area contributed by atoms with Crippen LogP contribution in [0.5, 0.6) is 5.75 Å². The molecule has 2 aromatic carbocycles. The number of ether oxygens (including phenoxy) is 1. The van der Waals surface area contributed by atoms with E-state index < -0.39 is 23.1 Å². The summed E-state index contributed by atoms with van der Waals surface area (Å²) < 4.78 is 51.1. The van der Waals surface area contributed by atoms with Gasteiger partial charge in [0.2, 0.25) is 0 Å². The Bertz CT molecular complexity index is 1500. The fourth-order valence-corrected chi connectivity index (χ4v) is 3.93. The monoisotopic (exact) mass is 458 g/mol. The summed E-state index contributed by atoms with van der Waals surface area (Å²) in [5.41, 5.74) is -2.45. The molecule has 4 rings (SSSR count). The molecular formula is C21H13F3N4O3S. The van der Waals surface area contributed by atoms with Gasteiger partial charge in [-0.25, -0.2) is 9.36 Å².